The van der Waals surface area contributed by atoms with Gasteiger partial charge in [-0.05, 0) is 48.9 Å². The number of hydrogen-bond donors (Lipinski definition) is 1. The fraction of sp³-hybridized carbons (Fsp3) is 0.0870. The van der Waals surface area contributed by atoms with Crippen LogP contribution in [-0.2, 0) is 0 Å². The van der Waals surface area contributed by atoms with Crippen LogP contribution in [0.15, 0.2) is 77.5 Å². The molecule has 6 heteroatoms. The van der Waals surface area contributed by atoms with E-state index >= 15 is 0 Å². The van der Waals surface area contributed by atoms with Gasteiger partial charge in [0.2, 0.25) is 5.89 Å². The van der Waals surface area contributed by atoms with Gasteiger partial charge in [0.05, 0.1) is 12.8 Å². The van der Waals surface area contributed by atoms with Crippen molar-refractivity contribution in [2.45, 2.75) is 6.92 Å². The summed E-state index contributed by atoms with van der Waals surface area (Å²) in [5, 5.41) is 2.89. The zero-order valence-electron chi connectivity index (χ0n) is 16.0. The third-order valence-corrected chi connectivity index (χ3v) is 4.41. The number of methoxy groups -OCH3 is 1. The zero-order chi connectivity index (χ0) is 20.2. The number of anilines is 1. The molecule has 0 aliphatic carbocycles. The van der Waals surface area contributed by atoms with E-state index in [4.69, 9.17) is 9.15 Å². The van der Waals surface area contributed by atoms with Crippen LogP contribution in [0, 0.1) is 6.92 Å². The smallest absolute Gasteiger partial charge is 0.278 e. The van der Waals surface area contributed by atoms with Gasteiger partial charge in [-0.15, -0.1) is 0 Å². The second-order valence-electron chi connectivity index (χ2n) is 6.46. The fourth-order valence-corrected chi connectivity index (χ4v) is 2.98. The van der Waals surface area contributed by atoms with Gasteiger partial charge in [-0.1, -0.05) is 24.3 Å². The van der Waals surface area contributed by atoms with Gasteiger partial charge >= 0.3 is 0 Å². The first-order valence-corrected chi connectivity index (χ1v) is 9.08. The Hall–Kier alpha value is -3.93. The van der Waals surface area contributed by atoms with Gasteiger partial charge in [-0.2, -0.15) is 0 Å². The summed E-state index contributed by atoms with van der Waals surface area (Å²) < 4.78 is 11.4. The van der Waals surface area contributed by atoms with Crippen molar-refractivity contribution in [3.05, 3.63) is 84.3 Å². The Bertz CT molecular complexity index is 1140. The van der Waals surface area contributed by atoms with Crippen LogP contribution in [0.25, 0.3) is 22.8 Å². The molecule has 6 nitrogen and oxygen atoms in total. The first kappa shape index (κ1) is 18.4. The third kappa shape index (κ3) is 3.87. The van der Waals surface area contributed by atoms with Gasteiger partial charge < -0.3 is 14.5 Å². The number of nitrogens with zero attached hydrogens (tertiary/aromatic N) is 2. The summed E-state index contributed by atoms with van der Waals surface area (Å²) in [6.45, 7) is 1.95. The first-order valence-electron chi connectivity index (χ1n) is 9.08. The molecule has 0 atom stereocenters. The molecule has 0 aliphatic rings. The molecule has 0 bridgehead atoms. The molecule has 2 aromatic carbocycles. The second-order valence-corrected chi connectivity index (χ2v) is 6.46. The highest BCUT2D eigenvalue weighted by molar-refractivity contribution is 6.07. The number of aryl methyl sites for hydroxylation is 1. The van der Waals surface area contributed by atoms with Crippen molar-refractivity contribution in [2.24, 2.45) is 0 Å². The molecule has 0 radical (unpaired) electrons. The molecule has 1 amide bonds. The number of nitrogens with one attached hydrogen (secondary N) is 1. The van der Waals surface area contributed by atoms with Gasteiger partial charge in [-0.25, -0.2) is 4.98 Å². The summed E-state index contributed by atoms with van der Waals surface area (Å²) in [6.07, 6.45) is 3.29. The summed E-state index contributed by atoms with van der Waals surface area (Å²) in [5.74, 6) is 0.946. The molecule has 2 heterocycles. The van der Waals surface area contributed by atoms with E-state index in [0.717, 1.165) is 16.7 Å². The normalized spacial score (nSPS) is 10.6. The molecule has 4 aromatic rings. The summed E-state index contributed by atoms with van der Waals surface area (Å²) in [7, 11) is 1.56. The number of rotatable bonds is 5. The monoisotopic (exact) mass is 385 g/mol. The largest absolute Gasteiger partial charge is 0.495 e. The average Bonchev–Trinajstić information content (AvgIpc) is 3.21. The number of pyridine rings is 1. The minimum atomic E-state index is -0.383. The molecule has 0 spiro atoms. The molecular formula is C23H19N3O3. The van der Waals surface area contributed by atoms with Crippen LogP contribution in [0.3, 0.4) is 0 Å². The number of oxazole rings is 1. The minimum absolute atomic E-state index is 0.193. The zero-order valence-corrected chi connectivity index (χ0v) is 16.0. The number of carbonyl (C=O) groups is 1. The van der Waals surface area contributed by atoms with Crippen molar-refractivity contribution in [2.75, 3.05) is 12.4 Å². The number of hydrogen-bond acceptors (Lipinski definition) is 5. The van der Waals surface area contributed by atoms with Crippen molar-refractivity contribution in [1.82, 2.24) is 9.97 Å². The lowest BCUT2D eigenvalue weighted by molar-refractivity contribution is 0.102. The van der Waals surface area contributed by atoms with Gasteiger partial charge in [0.25, 0.3) is 5.91 Å². The minimum Gasteiger partial charge on any atom is -0.495 e. The Morgan fingerprint density at radius 1 is 1.00 bits per heavy atom. The van der Waals surface area contributed by atoms with Crippen molar-refractivity contribution >= 4 is 11.6 Å². The number of amides is 1. The number of aromatic nitrogens is 2. The van der Waals surface area contributed by atoms with Crippen LogP contribution in [0.4, 0.5) is 5.69 Å². The molecule has 0 saturated carbocycles. The first-order chi connectivity index (χ1) is 14.2. The average molecular weight is 385 g/mol. The summed E-state index contributed by atoms with van der Waals surface area (Å²) >= 11 is 0. The lowest BCUT2D eigenvalue weighted by Gasteiger charge is -2.10. The highest BCUT2D eigenvalue weighted by Gasteiger charge is 2.23. The van der Waals surface area contributed by atoms with Crippen LogP contribution in [0.2, 0.25) is 0 Å². The molecular weight excluding hydrogens is 366 g/mol. The Kier molecular flexibility index (Phi) is 5.07. The van der Waals surface area contributed by atoms with Crippen LogP contribution < -0.4 is 10.1 Å². The quantitative estimate of drug-likeness (QED) is 0.525. The van der Waals surface area contributed by atoms with Crippen molar-refractivity contribution in [3.8, 4) is 28.5 Å². The molecule has 0 unspecified atom stereocenters. The second kappa shape index (κ2) is 7.98. The van der Waals surface area contributed by atoms with E-state index in [2.05, 4.69) is 15.3 Å². The predicted molar refractivity (Wildman–Crippen MR) is 111 cm³/mol. The lowest BCUT2D eigenvalue weighted by Crippen LogP contribution is -2.14. The summed E-state index contributed by atoms with van der Waals surface area (Å²) in [4.78, 5) is 21.6. The Morgan fingerprint density at radius 3 is 2.48 bits per heavy atom. The van der Waals surface area contributed by atoms with Crippen LogP contribution in [0.1, 0.15) is 16.1 Å². The van der Waals surface area contributed by atoms with Gasteiger partial charge in [-0.3, -0.25) is 9.78 Å². The van der Waals surface area contributed by atoms with Crippen LogP contribution >= 0.6 is 0 Å². The molecule has 0 aliphatic heterocycles. The molecule has 144 valence electrons. The van der Waals surface area contributed by atoms with Crippen molar-refractivity contribution in [1.29, 1.82) is 0 Å². The lowest BCUT2D eigenvalue weighted by atomic mass is 10.1. The fourth-order valence-electron chi connectivity index (χ4n) is 2.98. The number of benzene rings is 2. The van der Waals surface area contributed by atoms with E-state index in [9.17, 15) is 4.79 Å². The maximum Gasteiger partial charge on any atom is 0.278 e. The van der Waals surface area contributed by atoms with Gasteiger partial charge in [0, 0.05) is 23.5 Å². The van der Waals surface area contributed by atoms with E-state index in [-0.39, 0.29) is 11.6 Å². The molecule has 0 saturated heterocycles. The van der Waals surface area contributed by atoms with Crippen molar-refractivity contribution in [3.63, 3.8) is 0 Å². The summed E-state index contributed by atoms with van der Waals surface area (Å²) in [6, 6.07) is 18.6. The number of carbonyl (C=O) groups excluding carboxylic acids is 1. The van der Waals surface area contributed by atoms with E-state index in [1.807, 2.05) is 55.5 Å². The molecule has 0 fully saturated rings. The van der Waals surface area contributed by atoms with E-state index in [1.54, 1.807) is 31.6 Å². The molecule has 4 rings (SSSR count). The molecule has 1 N–H and O–H groups in total. The highest BCUT2D eigenvalue weighted by Crippen LogP contribution is 2.31. The van der Waals surface area contributed by atoms with E-state index < -0.39 is 0 Å². The van der Waals surface area contributed by atoms with Gasteiger partial charge in [0.1, 0.15) is 5.75 Å². The van der Waals surface area contributed by atoms with E-state index in [1.165, 1.54) is 0 Å². The summed E-state index contributed by atoms with van der Waals surface area (Å²) in [5.41, 5.74) is 3.27. The standard InChI is InChI=1S/C23H19N3O3/c1-15-8-9-19(28-2)18(14-15)25-22(27)20-21(16-10-12-24-13-11-16)29-23(26-20)17-6-4-3-5-7-17/h3-14H,1-2H3,(H,25,27). The Morgan fingerprint density at radius 2 is 1.76 bits per heavy atom. The molecule has 29 heavy (non-hydrogen) atoms. The maximum atomic E-state index is 13.1. The highest BCUT2D eigenvalue weighted by atomic mass is 16.5. The van der Waals surface area contributed by atoms with E-state index in [0.29, 0.717) is 23.1 Å². The molecule has 2 aromatic heterocycles. The third-order valence-electron chi connectivity index (χ3n) is 4.41. The van der Waals surface area contributed by atoms with Crippen LogP contribution in [0.5, 0.6) is 5.75 Å². The number of ether oxygens (including phenoxy) is 1. The maximum absolute atomic E-state index is 13.1. The Labute approximate surface area is 168 Å². The topological polar surface area (TPSA) is 77.2 Å². The predicted octanol–water partition coefficient (Wildman–Crippen LogP) is 4.97. The van der Waals surface area contributed by atoms with Gasteiger partial charge in [0.15, 0.2) is 11.5 Å². The SMILES string of the molecule is COc1ccc(C)cc1NC(=O)c1nc(-c2ccccc2)oc1-c1ccncc1. The van der Waals surface area contributed by atoms with Crippen molar-refractivity contribution < 1.29 is 13.9 Å². The van der Waals surface area contributed by atoms with Crippen LogP contribution in [-0.4, -0.2) is 23.0 Å². The Balaban J connectivity index is 1.77.